The monoisotopic (exact) mass is 263 g/mol. The second-order valence-corrected chi connectivity index (χ2v) is 4.92. The first-order chi connectivity index (χ1) is 9.04. The average Bonchev–Trinajstić information content (AvgIpc) is 2.40. The lowest BCUT2D eigenvalue weighted by Gasteiger charge is -2.35. The number of piperazine rings is 1. The fourth-order valence-electron chi connectivity index (χ4n) is 2.41. The van der Waals surface area contributed by atoms with Gasteiger partial charge in [0.25, 0.3) is 0 Å². The van der Waals surface area contributed by atoms with E-state index in [0.717, 1.165) is 30.1 Å². The first kappa shape index (κ1) is 13.7. The van der Waals surface area contributed by atoms with Gasteiger partial charge in [0.1, 0.15) is 5.75 Å². The standard InChI is InChI=1S/C14H21N3O2/c1-10(15)14-11(5-4-6-12(14)19-3)17-8-7-16(2)13(18)9-17/h4-6,10H,7-9,15H2,1-3H3/t10-/m1/s1. The third-order valence-corrected chi connectivity index (χ3v) is 3.52. The lowest BCUT2D eigenvalue weighted by Crippen LogP contribution is -2.49. The van der Waals surface area contributed by atoms with Crippen molar-refractivity contribution in [2.45, 2.75) is 13.0 Å². The van der Waals surface area contributed by atoms with E-state index in [1.54, 1.807) is 12.0 Å². The number of benzene rings is 1. The van der Waals surface area contributed by atoms with E-state index < -0.39 is 0 Å². The van der Waals surface area contributed by atoms with Crippen LogP contribution in [0.1, 0.15) is 18.5 Å². The molecule has 1 saturated heterocycles. The number of carbonyl (C=O) groups excluding carboxylic acids is 1. The van der Waals surface area contributed by atoms with Crippen LogP contribution in [0.4, 0.5) is 5.69 Å². The molecule has 1 heterocycles. The molecule has 1 amide bonds. The highest BCUT2D eigenvalue weighted by Crippen LogP contribution is 2.34. The molecule has 5 nitrogen and oxygen atoms in total. The Morgan fingerprint density at radius 2 is 2.11 bits per heavy atom. The number of carbonyl (C=O) groups is 1. The second kappa shape index (κ2) is 5.48. The van der Waals surface area contributed by atoms with E-state index in [0.29, 0.717) is 6.54 Å². The fraction of sp³-hybridized carbons (Fsp3) is 0.500. The maximum absolute atomic E-state index is 11.8. The number of methoxy groups -OCH3 is 1. The minimum Gasteiger partial charge on any atom is -0.496 e. The average molecular weight is 263 g/mol. The van der Waals surface area contributed by atoms with Gasteiger partial charge in [-0.05, 0) is 19.1 Å². The van der Waals surface area contributed by atoms with Gasteiger partial charge < -0.3 is 20.3 Å². The number of rotatable bonds is 3. The van der Waals surface area contributed by atoms with E-state index in [4.69, 9.17) is 10.5 Å². The molecule has 0 radical (unpaired) electrons. The van der Waals surface area contributed by atoms with Gasteiger partial charge in [-0.3, -0.25) is 4.79 Å². The van der Waals surface area contributed by atoms with Crippen molar-refractivity contribution in [3.05, 3.63) is 23.8 Å². The van der Waals surface area contributed by atoms with Gasteiger partial charge in [-0.15, -0.1) is 0 Å². The van der Waals surface area contributed by atoms with Crippen molar-refractivity contribution in [2.75, 3.05) is 38.7 Å². The van der Waals surface area contributed by atoms with Gasteiger partial charge in [-0.25, -0.2) is 0 Å². The van der Waals surface area contributed by atoms with Gasteiger partial charge >= 0.3 is 0 Å². The molecule has 104 valence electrons. The first-order valence-corrected chi connectivity index (χ1v) is 6.46. The fourth-order valence-corrected chi connectivity index (χ4v) is 2.41. The zero-order valence-corrected chi connectivity index (χ0v) is 11.7. The lowest BCUT2D eigenvalue weighted by atomic mass is 10.0. The molecule has 1 aliphatic rings. The van der Waals surface area contributed by atoms with Crippen LogP contribution in [-0.2, 0) is 4.79 Å². The third kappa shape index (κ3) is 2.66. The molecule has 19 heavy (non-hydrogen) atoms. The molecule has 1 fully saturated rings. The number of ether oxygens (including phenoxy) is 1. The number of hydrogen-bond donors (Lipinski definition) is 1. The molecular weight excluding hydrogens is 242 g/mol. The van der Waals surface area contributed by atoms with Crippen LogP contribution >= 0.6 is 0 Å². The van der Waals surface area contributed by atoms with E-state index in [1.807, 2.05) is 32.2 Å². The van der Waals surface area contributed by atoms with Crippen LogP contribution in [-0.4, -0.2) is 44.6 Å². The second-order valence-electron chi connectivity index (χ2n) is 4.92. The summed E-state index contributed by atoms with van der Waals surface area (Å²) in [6.07, 6.45) is 0. The van der Waals surface area contributed by atoms with Crippen molar-refractivity contribution in [1.29, 1.82) is 0 Å². The minimum absolute atomic E-state index is 0.129. The molecular formula is C14H21N3O2. The van der Waals surface area contributed by atoms with E-state index in [2.05, 4.69) is 4.90 Å². The van der Waals surface area contributed by atoms with E-state index in [9.17, 15) is 4.79 Å². The molecule has 0 spiro atoms. The molecule has 0 unspecified atom stereocenters. The highest BCUT2D eigenvalue weighted by molar-refractivity contribution is 5.83. The Bertz CT molecular complexity index is 474. The van der Waals surface area contributed by atoms with Gasteiger partial charge in [-0.2, -0.15) is 0 Å². The Kier molecular flexibility index (Phi) is 3.95. The molecule has 1 atom stereocenters. The number of nitrogens with zero attached hydrogens (tertiary/aromatic N) is 2. The van der Waals surface area contributed by atoms with Crippen LogP contribution in [0.2, 0.25) is 0 Å². The van der Waals surface area contributed by atoms with Gasteiger partial charge in [0.15, 0.2) is 0 Å². The molecule has 2 rings (SSSR count). The summed E-state index contributed by atoms with van der Waals surface area (Å²) in [5.41, 5.74) is 8.01. The van der Waals surface area contributed by atoms with Crippen LogP contribution in [0.5, 0.6) is 5.75 Å². The summed E-state index contributed by atoms with van der Waals surface area (Å²) < 4.78 is 5.38. The SMILES string of the molecule is COc1cccc(N2CCN(C)C(=O)C2)c1[C@@H](C)N. The number of likely N-dealkylation sites (N-methyl/N-ethyl adjacent to an activating group) is 1. The number of nitrogens with two attached hydrogens (primary N) is 1. The smallest absolute Gasteiger partial charge is 0.241 e. The van der Waals surface area contributed by atoms with E-state index in [-0.39, 0.29) is 11.9 Å². The molecule has 5 heteroatoms. The Labute approximate surface area is 113 Å². The number of amides is 1. The van der Waals surface area contributed by atoms with E-state index in [1.165, 1.54) is 0 Å². The Hall–Kier alpha value is -1.75. The summed E-state index contributed by atoms with van der Waals surface area (Å²) >= 11 is 0. The summed E-state index contributed by atoms with van der Waals surface area (Å²) in [6, 6.07) is 5.70. The molecule has 0 aromatic heterocycles. The lowest BCUT2D eigenvalue weighted by molar-refractivity contribution is -0.129. The summed E-state index contributed by atoms with van der Waals surface area (Å²) in [4.78, 5) is 15.7. The Morgan fingerprint density at radius 1 is 1.37 bits per heavy atom. The quantitative estimate of drug-likeness (QED) is 0.883. The maximum atomic E-state index is 11.8. The highest BCUT2D eigenvalue weighted by Gasteiger charge is 2.25. The van der Waals surface area contributed by atoms with Crippen molar-refractivity contribution in [3.8, 4) is 5.75 Å². The summed E-state index contributed by atoms with van der Waals surface area (Å²) in [7, 11) is 3.47. The van der Waals surface area contributed by atoms with Crippen molar-refractivity contribution >= 4 is 11.6 Å². The topological polar surface area (TPSA) is 58.8 Å². The number of anilines is 1. The Balaban J connectivity index is 2.36. The Morgan fingerprint density at radius 3 is 2.68 bits per heavy atom. The van der Waals surface area contributed by atoms with Crippen LogP contribution < -0.4 is 15.4 Å². The highest BCUT2D eigenvalue weighted by atomic mass is 16.5. The van der Waals surface area contributed by atoms with Gasteiger partial charge in [-0.1, -0.05) is 6.07 Å². The molecule has 1 aromatic carbocycles. The van der Waals surface area contributed by atoms with Crippen LogP contribution in [0, 0.1) is 0 Å². The molecule has 0 bridgehead atoms. The predicted octanol–water partition coefficient (Wildman–Crippen LogP) is 0.993. The first-order valence-electron chi connectivity index (χ1n) is 6.46. The maximum Gasteiger partial charge on any atom is 0.241 e. The third-order valence-electron chi connectivity index (χ3n) is 3.52. The van der Waals surface area contributed by atoms with Crippen molar-refractivity contribution in [1.82, 2.24) is 4.90 Å². The minimum atomic E-state index is -0.138. The molecule has 0 aliphatic carbocycles. The van der Waals surface area contributed by atoms with E-state index >= 15 is 0 Å². The molecule has 2 N–H and O–H groups in total. The van der Waals surface area contributed by atoms with Gasteiger partial charge in [0.2, 0.25) is 5.91 Å². The summed E-state index contributed by atoms with van der Waals surface area (Å²) in [6.45, 7) is 3.87. The van der Waals surface area contributed by atoms with Crippen LogP contribution in [0.25, 0.3) is 0 Å². The molecule has 1 aliphatic heterocycles. The number of hydrogen-bond acceptors (Lipinski definition) is 4. The molecule has 0 saturated carbocycles. The van der Waals surface area contributed by atoms with Crippen molar-refractivity contribution in [3.63, 3.8) is 0 Å². The van der Waals surface area contributed by atoms with Crippen molar-refractivity contribution in [2.24, 2.45) is 5.73 Å². The predicted molar refractivity (Wildman–Crippen MR) is 75.4 cm³/mol. The normalized spacial score (nSPS) is 17.6. The van der Waals surface area contributed by atoms with Crippen molar-refractivity contribution < 1.29 is 9.53 Å². The largest absolute Gasteiger partial charge is 0.496 e. The molecule has 1 aromatic rings. The zero-order chi connectivity index (χ0) is 14.0. The van der Waals surface area contributed by atoms with Gasteiger partial charge in [0.05, 0.1) is 13.7 Å². The zero-order valence-electron chi connectivity index (χ0n) is 11.7. The van der Waals surface area contributed by atoms with Crippen LogP contribution in [0.3, 0.4) is 0 Å². The summed E-state index contributed by atoms with van der Waals surface area (Å²) in [5.74, 6) is 0.906. The van der Waals surface area contributed by atoms with Crippen LogP contribution in [0.15, 0.2) is 18.2 Å². The van der Waals surface area contributed by atoms with Gasteiger partial charge in [0, 0.05) is 37.4 Å². The summed E-state index contributed by atoms with van der Waals surface area (Å²) in [5, 5.41) is 0.